The first kappa shape index (κ1) is 12.2. The number of hydrogen-bond donors (Lipinski definition) is 3. The second kappa shape index (κ2) is 5.04. The number of amidine groups is 1. The van der Waals surface area contributed by atoms with E-state index in [1.807, 2.05) is 20.8 Å². The molecule has 0 aromatic heterocycles. The molecule has 0 spiro atoms. The summed E-state index contributed by atoms with van der Waals surface area (Å²) in [6, 6.07) is -0.171. The first-order chi connectivity index (χ1) is 5.93. The van der Waals surface area contributed by atoms with Crippen LogP contribution in [-0.4, -0.2) is 36.3 Å². The monoisotopic (exact) mass is 189 g/mol. The Balaban J connectivity index is 4.10. The zero-order valence-electron chi connectivity index (χ0n) is 8.66. The van der Waals surface area contributed by atoms with Crippen molar-refractivity contribution < 1.29 is 9.94 Å². The summed E-state index contributed by atoms with van der Waals surface area (Å²) in [5, 5.41) is 14.5. The fourth-order valence-electron chi connectivity index (χ4n) is 1.15. The van der Waals surface area contributed by atoms with E-state index in [2.05, 4.69) is 10.5 Å². The Bertz CT molecular complexity index is 180. The van der Waals surface area contributed by atoms with Crippen molar-refractivity contribution in [3.8, 4) is 0 Å². The summed E-state index contributed by atoms with van der Waals surface area (Å²) in [5.41, 5.74) is 5.23. The quantitative estimate of drug-likeness (QED) is 0.249. The van der Waals surface area contributed by atoms with Gasteiger partial charge in [-0.2, -0.15) is 0 Å². The third-order valence-corrected chi connectivity index (χ3v) is 1.67. The van der Waals surface area contributed by atoms with Crippen LogP contribution in [0.25, 0.3) is 0 Å². The minimum absolute atomic E-state index is 0.171. The van der Waals surface area contributed by atoms with Gasteiger partial charge >= 0.3 is 0 Å². The van der Waals surface area contributed by atoms with Gasteiger partial charge in [0, 0.05) is 12.6 Å². The van der Waals surface area contributed by atoms with Crippen molar-refractivity contribution in [1.82, 2.24) is 5.32 Å². The minimum Gasteiger partial charge on any atom is -0.409 e. The van der Waals surface area contributed by atoms with Crippen molar-refractivity contribution in [2.24, 2.45) is 10.9 Å². The Morgan fingerprint density at radius 1 is 1.69 bits per heavy atom. The molecule has 0 radical (unpaired) electrons. The van der Waals surface area contributed by atoms with Crippen molar-refractivity contribution in [3.05, 3.63) is 0 Å². The molecule has 0 amide bonds. The standard InChI is InChI=1S/C8H19N3O2/c1-6(7(9)11-12)10-8(2,3)5-13-4/h6,10,12H,5H2,1-4H3,(H2,9,11). The summed E-state index contributed by atoms with van der Waals surface area (Å²) in [4.78, 5) is 0. The highest BCUT2D eigenvalue weighted by Gasteiger charge is 2.21. The Hall–Kier alpha value is -0.810. The first-order valence-corrected chi connectivity index (χ1v) is 4.17. The van der Waals surface area contributed by atoms with Gasteiger partial charge in [-0.05, 0) is 20.8 Å². The van der Waals surface area contributed by atoms with Crippen molar-refractivity contribution in [2.45, 2.75) is 32.4 Å². The maximum atomic E-state index is 8.42. The van der Waals surface area contributed by atoms with Crippen LogP contribution in [0.2, 0.25) is 0 Å². The Labute approximate surface area is 78.9 Å². The molecule has 0 rings (SSSR count). The van der Waals surface area contributed by atoms with Crippen molar-refractivity contribution in [1.29, 1.82) is 0 Å². The molecule has 1 unspecified atom stereocenters. The zero-order chi connectivity index (χ0) is 10.5. The third kappa shape index (κ3) is 4.69. The number of methoxy groups -OCH3 is 1. The lowest BCUT2D eigenvalue weighted by Crippen LogP contribution is -2.52. The second-order valence-corrected chi connectivity index (χ2v) is 3.71. The second-order valence-electron chi connectivity index (χ2n) is 3.71. The molecular weight excluding hydrogens is 170 g/mol. The van der Waals surface area contributed by atoms with Crippen LogP contribution in [0.3, 0.4) is 0 Å². The highest BCUT2D eigenvalue weighted by Crippen LogP contribution is 2.03. The zero-order valence-corrected chi connectivity index (χ0v) is 8.66. The molecule has 1 atom stereocenters. The Morgan fingerprint density at radius 2 is 2.23 bits per heavy atom. The van der Waals surface area contributed by atoms with Crippen LogP contribution in [-0.2, 0) is 4.74 Å². The number of nitrogens with zero attached hydrogens (tertiary/aromatic N) is 1. The number of nitrogens with two attached hydrogens (primary N) is 1. The highest BCUT2D eigenvalue weighted by atomic mass is 16.5. The average molecular weight is 189 g/mol. The summed E-state index contributed by atoms with van der Waals surface area (Å²) in [6.07, 6.45) is 0. The van der Waals surface area contributed by atoms with Gasteiger partial charge in [0.2, 0.25) is 0 Å². The Morgan fingerprint density at radius 3 is 2.62 bits per heavy atom. The SMILES string of the molecule is COCC(C)(C)NC(C)C(N)=NO. The molecular formula is C8H19N3O2. The van der Waals surface area contributed by atoms with Gasteiger partial charge in [0.15, 0.2) is 5.84 Å². The molecule has 78 valence electrons. The van der Waals surface area contributed by atoms with E-state index in [1.165, 1.54) is 0 Å². The summed E-state index contributed by atoms with van der Waals surface area (Å²) in [7, 11) is 1.64. The van der Waals surface area contributed by atoms with E-state index < -0.39 is 0 Å². The lowest BCUT2D eigenvalue weighted by atomic mass is 10.1. The normalized spacial score (nSPS) is 15.8. The van der Waals surface area contributed by atoms with E-state index in [0.29, 0.717) is 6.61 Å². The molecule has 4 N–H and O–H groups in total. The van der Waals surface area contributed by atoms with Gasteiger partial charge in [-0.15, -0.1) is 0 Å². The van der Waals surface area contributed by atoms with Crippen molar-refractivity contribution in [2.75, 3.05) is 13.7 Å². The first-order valence-electron chi connectivity index (χ1n) is 4.17. The summed E-state index contributed by atoms with van der Waals surface area (Å²) in [5.74, 6) is 0.171. The highest BCUT2D eigenvalue weighted by molar-refractivity contribution is 5.84. The molecule has 0 fully saturated rings. The maximum Gasteiger partial charge on any atom is 0.156 e. The molecule has 0 aliphatic rings. The largest absolute Gasteiger partial charge is 0.409 e. The van der Waals surface area contributed by atoms with E-state index >= 15 is 0 Å². The fraction of sp³-hybridized carbons (Fsp3) is 0.875. The van der Waals surface area contributed by atoms with Crippen LogP contribution in [0.15, 0.2) is 5.16 Å². The molecule has 0 aromatic carbocycles. The molecule has 0 bridgehead atoms. The van der Waals surface area contributed by atoms with Crippen LogP contribution >= 0.6 is 0 Å². The van der Waals surface area contributed by atoms with Crippen LogP contribution < -0.4 is 11.1 Å². The molecule has 0 aliphatic carbocycles. The van der Waals surface area contributed by atoms with E-state index in [9.17, 15) is 0 Å². The number of rotatable bonds is 5. The minimum atomic E-state index is -0.191. The van der Waals surface area contributed by atoms with Crippen molar-refractivity contribution >= 4 is 5.84 Å². The molecule has 0 heterocycles. The molecule has 0 saturated heterocycles. The smallest absolute Gasteiger partial charge is 0.156 e. The van der Waals surface area contributed by atoms with Crippen LogP contribution in [0.4, 0.5) is 0 Å². The summed E-state index contributed by atoms with van der Waals surface area (Å²) >= 11 is 0. The fourth-order valence-corrected chi connectivity index (χ4v) is 1.15. The molecule has 13 heavy (non-hydrogen) atoms. The van der Waals surface area contributed by atoms with E-state index in [-0.39, 0.29) is 17.4 Å². The molecule has 5 heteroatoms. The topological polar surface area (TPSA) is 79.9 Å². The third-order valence-electron chi connectivity index (χ3n) is 1.67. The average Bonchev–Trinajstić information content (AvgIpc) is 2.01. The predicted molar refractivity (Wildman–Crippen MR) is 52.0 cm³/mol. The van der Waals surface area contributed by atoms with E-state index in [4.69, 9.17) is 15.7 Å². The summed E-state index contributed by atoms with van der Waals surface area (Å²) in [6.45, 7) is 6.36. The molecule has 5 nitrogen and oxygen atoms in total. The van der Waals surface area contributed by atoms with Crippen LogP contribution in [0.1, 0.15) is 20.8 Å². The predicted octanol–water partition coefficient (Wildman–Crippen LogP) is 0.136. The molecule has 0 saturated carbocycles. The Kier molecular flexibility index (Phi) is 4.72. The lowest BCUT2D eigenvalue weighted by Gasteiger charge is -2.28. The number of oxime groups is 1. The van der Waals surface area contributed by atoms with Gasteiger partial charge < -0.3 is 21.0 Å². The van der Waals surface area contributed by atoms with Crippen LogP contribution in [0.5, 0.6) is 0 Å². The van der Waals surface area contributed by atoms with E-state index in [0.717, 1.165) is 0 Å². The van der Waals surface area contributed by atoms with Crippen molar-refractivity contribution in [3.63, 3.8) is 0 Å². The van der Waals surface area contributed by atoms with Gasteiger partial charge in [-0.1, -0.05) is 5.16 Å². The van der Waals surface area contributed by atoms with Gasteiger partial charge in [0.25, 0.3) is 0 Å². The molecule has 0 aromatic rings. The van der Waals surface area contributed by atoms with Crippen LogP contribution in [0, 0.1) is 0 Å². The number of hydrogen-bond acceptors (Lipinski definition) is 4. The lowest BCUT2D eigenvalue weighted by molar-refractivity contribution is 0.126. The van der Waals surface area contributed by atoms with Gasteiger partial charge in [-0.25, -0.2) is 0 Å². The van der Waals surface area contributed by atoms with Gasteiger partial charge in [0.05, 0.1) is 12.6 Å². The van der Waals surface area contributed by atoms with E-state index in [1.54, 1.807) is 7.11 Å². The maximum absolute atomic E-state index is 8.42. The number of nitrogens with one attached hydrogen (secondary N) is 1. The number of ether oxygens (including phenoxy) is 1. The molecule has 0 aliphatic heterocycles. The summed E-state index contributed by atoms with van der Waals surface area (Å²) < 4.78 is 5.02. The van der Waals surface area contributed by atoms with Gasteiger partial charge in [-0.3, -0.25) is 0 Å². The van der Waals surface area contributed by atoms with Gasteiger partial charge in [0.1, 0.15) is 0 Å².